The fraction of sp³-hybridized carbons (Fsp3) is 0.0667. The fourth-order valence-electron chi connectivity index (χ4n) is 2.32. The highest BCUT2D eigenvalue weighted by molar-refractivity contribution is 6.31. The van der Waals surface area contributed by atoms with Crippen molar-refractivity contribution in [2.24, 2.45) is 0 Å². The van der Waals surface area contributed by atoms with E-state index in [0.29, 0.717) is 16.7 Å². The summed E-state index contributed by atoms with van der Waals surface area (Å²) in [5.74, 6) is 2.01. The lowest BCUT2D eigenvalue weighted by Crippen LogP contribution is -1.93. The van der Waals surface area contributed by atoms with E-state index in [4.69, 9.17) is 16.3 Å². The van der Waals surface area contributed by atoms with Crippen LogP contribution in [0.15, 0.2) is 42.5 Å². The molecule has 0 saturated carbocycles. The summed E-state index contributed by atoms with van der Waals surface area (Å²) < 4.78 is 6.95. The van der Waals surface area contributed by atoms with Crippen LogP contribution in [0.25, 0.3) is 16.8 Å². The van der Waals surface area contributed by atoms with Crippen molar-refractivity contribution < 1.29 is 4.74 Å². The second-order valence-corrected chi connectivity index (χ2v) is 5.24. The number of imidazole rings is 1. The minimum Gasteiger partial charge on any atom is -0.497 e. The number of halogens is 1. The van der Waals surface area contributed by atoms with Crippen molar-refractivity contribution in [1.29, 1.82) is 0 Å². The zero-order valence-electron chi connectivity index (χ0n) is 11.7. The summed E-state index contributed by atoms with van der Waals surface area (Å²) in [4.78, 5) is 8.87. The van der Waals surface area contributed by atoms with Gasteiger partial charge in [-0.2, -0.15) is 4.98 Å². The monoisotopic (exact) mass is 313 g/mol. The third-order valence-electron chi connectivity index (χ3n) is 3.38. The molecule has 0 saturated heterocycles. The molecule has 0 aliphatic heterocycles. The average molecular weight is 314 g/mol. The summed E-state index contributed by atoms with van der Waals surface area (Å²) >= 11 is 5.97. The molecule has 110 valence electrons. The molecule has 2 N–H and O–H groups in total. The summed E-state index contributed by atoms with van der Waals surface area (Å²) in [7, 11) is 1.64. The molecule has 0 spiro atoms. The van der Waals surface area contributed by atoms with Gasteiger partial charge in [0.05, 0.1) is 18.1 Å². The second-order valence-electron chi connectivity index (χ2n) is 4.81. The quantitative estimate of drug-likeness (QED) is 0.606. The number of aromatic amines is 1. The molecule has 0 aliphatic rings. The third-order valence-corrected chi connectivity index (χ3v) is 3.62. The van der Waals surface area contributed by atoms with Crippen LogP contribution in [0.2, 0.25) is 5.02 Å². The van der Waals surface area contributed by atoms with Crippen LogP contribution >= 0.6 is 11.6 Å². The number of hydrogen-bond donors (Lipinski definition) is 2. The fourth-order valence-corrected chi connectivity index (χ4v) is 2.49. The molecule has 2 aromatic heterocycles. The van der Waals surface area contributed by atoms with E-state index >= 15 is 0 Å². The molecule has 6 nitrogen and oxygen atoms in total. The molecule has 22 heavy (non-hydrogen) atoms. The van der Waals surface area contributed by atoms with Gasteiger partial charge in [0.15, 0.2) is 0 Å². The molecule has 0 atom stereocenters. The molecular formula is C15H12ClN5O. The predicted octanol–water partition coefficient (Wildman–Crippen LogP) is 3.62. The number of ether oxygens (including phenoxy) is 1. The highest BCUT2D eigenvalue weighted by Crippen LogP contribution is 2.22. The van der Waals surface area contributed by atoms with Gasteiger partial charge >= 0.3 is 0 Å². The van der Waals surface area contributed by atoms with Crippen LogP contribution in [0.4, 0.5) is 11.6 Å². The van der Waals surface area contributed by atoms with Crippen LogP contribution in [0.5, 0.6) is 5.75 Å². The predicted molar refractivity (Wildman–Crippen MR) is 86.1 cm³/mol. The Morgan fingerprint density at radius 3 is 2.73 bits per heavy atom. The number of methoxy groups -OCH3 is 1. The lowest BCUT2D eigenvalue weighted by Gasteiger charge is -2.03. The summed E-state index contributed by atoms with van der Waals surface area (Å²) in [6, 6.07) is 13.2. The number of nitrogens with one attached hydrogen (secondary N) is 2. The van der Waals surface area contributed by atoms with Gasteiger partial charge < -0.3 is 10.1 Å². The van der Waals surface area contributed by atoms with Crippen molar-refractivity contribution in [3.63, 3.8) is 0 Å². The second kappa shape index (κ2) is 4.92. The third kappa shape index (κ3) is 2.14. The molecule has 0 fully saturated rings. The summed E-state index contributed by atoms with van der Waals surface area (Å²) in [6.07, 6.45) is 0. The highest BCUT2D eigenvalue weighted by atomic mass is 35.5. The van der Waals surface area contributed by atoms with E-state index in [1.807, 2.05) is 47.0 Å². The van der Waals surface area contributed by atoms with E-state index in [9.17, 15) is 0 Å². The van der Waals surface area contributed by atoms with Crippen LogP contribution in [0.1, 0.15) is 0 Å². The number of anilines is 2. The number of benzene rings is 2. The van der Waals surface area contributed by atoms with Crippen molar-refractivity contribution in [3.8, 4) is 5.75 Å². The Hall–Kier alpha value is -2.73. The number of nitrogens with zero attached hydrogens (tertiary/aromatic N) is 3. The SMILES string of the molecule is COc1ccc(Nc2nc3nc4cc(Cl)ccc4n3[nH]2)cc1. The molecule has 4 rings (SSSR count). The standard InChI is InChI=1S/C15H12ClN5O/c1-22-11-5-3-10(4-6-11)17-14-19-15-18-12-8-9(16)2-7-13(12)21(15)20-14/h2-8H,1H3,(H2,17,18,19,20). The maximum absolute atomic E-state index is 5.97. The number of aromatic nitrogens is 4. The van der Waals surface area contributed by atoms with Crippen LogP contribution in [-0.4, -0.2) is 26.7 Å². The Bertz CT molecular complexity index is 957. The minimum atomic E-state index is 0.591. The van der Waals surface area contributed by atoms with Crippen molar-refractivity contribution in [3.05, 3.63) is 47.5 Å². The van der Waals surface area contributed by atoms with Crippen LogP contribution < -0.4 is 10.1 Å². The Balaban J connectivity index is 1.70. The summed E-state index contributed by atoms with van der Waals surface area (Å²) in [5, 5.41) is 7.03. The molecule has 4 aromatic rings. The molecule has 0 aliphatic carbocycles. The Morgan fingerprint density at radius 1 is 1.14 bits per heavy atom. The molecular weight excluding hydrogens is 302 g/mol. The zero-order valence-corrected chi connectivity index (χ0v) is 12.4. The van der Waals surface area contributed by atoms with Gasteiger partial charge in [-0.05, 0) is 42.5 Å². The van der Waals surface area contributed by atoms with Gasteiger partial charge in [0, 0.05) is 10.7 Å². The largest absolute Gasteiger partial charge is 0.497 e. The van der Waals surface area contributed by atoms with Gasteiger partial charge in [0.25, 0.3) is 5.78 Å². The first-order chi connectivity index (χ1) is 10.7. The highest BCUT2D eigenvalue weighted by Gasteiger charge is 2.10. The van der Waals surface area contributed by atoms with Crippen LogP contribution in [0, 0.1) is 0 Å². The van der Waals surface area contributed by atoms with Gasteiger partial charge in [-0.1, -0.05) is 11.6 Å². The topological polar surface area (TPSA) is 67.2 Å². The molecule has 0 radical (unpaired) electrons. The van der Waals surface area contributed by atoms with Gasteiger partial charge in [-0.25, -0.2) is 9.50 Å². The number of fused-ring (bicyclic) bond motifs is 3. The van der Waals surface area contributed by atoms with Gasteiger partial charge in [-0.3, -0.25) is 5.10 Å². The number of rotatable bonds is 3. The summed E-state index contributed by atoms with van der Waals surface area (Å²) in [5.41, 5.74) is 2.64. The Morgan fingerprint density at radius 2 is 1.95 bits per heavy atom. The van der Waals surface area contributed by atoms with E-state index < -0.39 is 0 Å². The molecule has 0 amide bonds. The van der Waals surface area contributed by atoms with Crippen molar-refractivity contribution in [2.45, 2.75) is 0 Å². The van der Waals surface area contributed by atoms with Gasteiger partial charge in [-0.15, -0.1) is 0 Å². The molecule has 2 heterocycles. The lowest BCUT2D eigenvalue weighted by atomic mass is 10.3. The molecule has 7 heteroatoms. The van der Waals surface area contributed by atoms with E-state index in [1.165, 1.54) is 0 Å². The Kier molecular flexibility index (Phi) is 2.90. The normalized spacial score (nSPS) is 11.2. The van der Waals surface area contributed by atoms with E-state index in [0.717, 1.165) is 22.5 Å². The average Bonchev–Trinajstić information content (AvgIpc) is 3.04. The zero-order chi connectivity index (χ0) is 15.1. The Labute approximate surface area is 130 Å². The minimum absolute atomic E-state index is 0.591. The number of H-pyrrole nitrogens is 1. The molecule has 0 bridgehead atoms. The summed E-state index contributed by atoms with van der Waals surface area (Å²) in [6.45, 7) is 0. The van der Waals surface area contributed by atoms with E-state index in [2.05, 4.69) is 20.4 Å². The lowest BCUT2D eigenvalue weighted by molar-refractivity contribution is 0.415. The first-order valence-electron chi connectivity index (χ1n) is 6.68. The first-order valence-corrected chi connectivity index (χ1v) is 7.05. The van der Waals surface area contributed by atoms with Crippen molar-refractivity contribution in [2.75, 3.05) is 12.4 Å². The maximum atomic E-state index is 5.97. The van der Waals surface area contributed by atoms with E-state index in [-0.39, 0.29) is 0 Å². The molecule has 0 unspecified atom stereocenters. The van der Waals surface area contributed by atoms with Crippen molar-refractivity contribution >= 4 is 40.0 Å². The van der Waals surface area contributed by atoms with Crippen LogP contribution in [-0.2, 0) is 0 Å². The van der Waals surface area contributed by atoms with Gasteiger partial charge in [0.2, 0.25) is 5.95 Å². The smallest absolute Gasteiger partial charge is 0.253 e. The maximum Gasteiger partial charge on any atom is 0.253 e. The van der Waals surface area contributed by atoms with Gasteiger partial charge in [0.1, 0.15) is 5.75 Å². The first kappa shape index (κ1) is 13.0. The van der Waals surface area contributed by atoms with Crippen molar-refractivity contribution in [1.82, 2.24) is 19.6 Å². The number of hydrogen-bond acceptors (Lipinski definition) is 4. The van der Waals surface area contributed by atoms with E-state index in [1.54, 1.807) is 7.11 Å². The van der Waals surface area contributed by atoms with Crippen LogP contribution in [0.3, 0.4) is 0 Å². The molecule has 2 aromatic carbocycles.